The molecule has 0 radical (unpaired) electrons. The van der Waals surface area contributed by atoms with Gasteiger partial charge in [-0.1, -0.05) is 17.4 Å². The quantitative estimate of drug-likeness (QED) is 0.748. The van der Waals surface area contributed by atoms with Crippen LogP contribution in [0.3, 0.4) is 0 Å². The Morgan fingerprint density at radius 3 is 2.73 bits per heavy atom. The van der Waals surface area contributed by atoms with E-state index in [1.807, 2.05) is 12.1 Å². The van der Waals surface area contributed by atoms with Gasteiger partial charge in [-0.2, -0.15) is 0 Å². The topological polar surface area (TPSA) is 92.7 Å². The number of aromatic nitrogens is 4. The lowest BCUT2D eigenvalue weighted by molar-refractivity contribution is 0.0954. The van der Waals surface area contributed by atoms with Crippen molar-refractivity contribution in [3.05, 3.63) is 59.6 Å². The molecule has 7 nitrogen and oxygen atoms in total. The second-order valence-corrected chi connectivity index (χ2v) is 5.30. The number of carbonyl (C=O) groups is 1. The van der Waals surface area contributed by atoms with Gasteiger partial charge in [0.25, 0.3) is 5.91 Å². The maximum atomic E-state index is 12.1. The summed E-state index contributed by atoms with van der Waals surface area (Å²) in [7, 11) is 0. The monoisotopic (exact) mass is 312 g/mol. The van der Waals surface area contributed by atoms with Gasteiger partial charge in [0, 0.05) is 31.3 Å². The highest BCUT2D eigenvalue weighted by Gasteiger charge is 2.11. The maximum absolute atomic E-state index is 12.1. The lowest BCUT2D eigenvalue weighted by Gasteiger charge is -2.02. The molecular weight excluding hydrogens is 300 g/mol. The zero-order valence-electron chi connectivity index (χ0n) is 11.4. The summed E-state index contributed by atoms with van der Waals surface area (Å²) in [5, 5.41) is 6.34. The molecule has 3 heterocycles. The molecule has 2 N–H and O–H groups in total. The summed E-state index contributed by atoms with van der Waals surface area (Å²) in [4.78, 5) is 28.8. The molecule has 0 aliphatic carbocycles. The third kappa shape index (κ3) is 3.61. The Morgan fingerprint density at radius 1 is 1.09 bits per heavy atom. The van der Waals surface area contributed by atoms with Crippen LogP contribution in [0.15, 0.2) is 49.2 Å². The van der Waals surface area contributed by atoms with Gasteiger partial charge in [0.15, 0.2) is 5.13 Å². The molecule has 0 saturated heterocycles. The van der Waals surface area contributed by atoms with Crippen LogP contribution in [0.1, 0.15) is 15.2 Å². The third-order valence-corrected chi connectivity index (χ3v) is 3.60. The van der Waals surface area contributed by atoms with E-state index in [0.29, 0.717) is 22.5 Å². The first kappa shape index (κ1) is 14.1. The zero-order chi connectivity index (χ0) is 15.2. The molecule has 3 rings (SSSR count). The summed E-state index contributed by atoms with van der Waals surface area (Å²) in [5.41, 5.74) is 0.941. The smallest absolute Gasteiger partial charge is 0.263 e. The number of amides is 1. The van der Waals surface area contributed by atoms with E-state index < -0.39 is 0 Å². The van der Waals surface area contributed by atoms with Gasteiger partial charge >= 0.3 is 0 Å². The first-order valence-electron chi connectivity index (χ1n) is 6.48. The normalized spacial score (nSPS) is 10.2. The standard InChI is InChI=1S/C14H12N6OS/c21-12(18-8-10-3-1-4-15-7-10)11-9-19-14(22-11)20-13-16-5-2-6-17-13/h1-7,9H,8H2,(H,18,21)(H,16,17,19,20). The van der Waals surface area contributed by atoms with E-state index in [9.17, 15) is 4.79 Å². The average molecular weight is 312 g/mol. The second kappa shape index (κ2) is 6.72. The lowest BCUT2D eigenvalue weighted by atomic mass is 10.3. The van der Waals surface area contributed by atoms with Crippen LogP contribution >= 0.6 is 11.3 Å². The zero-order valence-corrected chi connectivity index (χ0v) is 12.2. The number of hydrogen-bond donors (Lipinski definition) is 2. The molecular formula is C14H12N6OS. The number of anilines is 2. The molecule has 0 unspecified atom stereocenters. The third-order valence-electron chi connectivity index (χ3n) is 2.69. The predicted molar refractivity (Wildman–Crippen MR) is 82.8 cm³/mol. The minimum atomic E-state index is -0.177. The highest BCUT2D eigenvalue weighted by atomic mass is 32.1. The van der Waals surface area contributed by atoms with Crippen LogP contribution in [-0.4, -0.2) is 25.8 Å². The van der Waals surface area contributed by atoms with E-state index in [2.05, 4.69) is 30.6 Å². The van der Waals surface area contributed by atoms with Crippen LogP contribution in [-0.2, 0) is 6.54 Å². The Hall–Kier alpha value is -2.87. The largest absolute Gasteiger partial charge is 0.347 e. The summed E-state index contributed by atoms with van der Waals surface area (Å²) < 4.78 is 0. The molecule has 0 atom stereocenters. The first-order valence-corrected chi connectivity index (χ1v) is 7.30. The van der Waals surface area contributed by atoms with Crippen molar-refractivity contribution in [2.24, 2.45) is 0 Å². The number of pyridine rings is 1. The van der Waals surface area contributed by atoms with E-state index in [1.54, 1.807) is 30.9 Å². The van der Waals surface area contributed by atoms with E-state index in [4.69, 9.17) is 0 Å². The first-order chi connectivity index (χ1) is 10.8. The second-order valence-electron chi connectivity index (χ2n) is 4.27. The summed E-state index contributed by atoms with van der Waals surface area (Å²) in [6.07, 6.45) is 8.19. The number of carbonyl (C=O) groups excluding carboxylic acids is 1. The molecule has 0 aromatic carbocycles. The Kier molecular flexibility index (Phi) is 4.30. The Bertz CT molecular complexity index is 746. The van der Waals surface area contributed by atoms with Crippen molar-refractivity contribution in [2.75, 3.05) is 5.32 Å². The predicted octanol–water partition coefficient (Wildman–Crippen LogP) is 2.00. The van der Waals surface area contributed by atoms with Crippen LogP contribution in [0.4, 0.5) is 11.1 Å². The van der Waals surface area contributed by atoms with Gasteiger partial charge in [-0.25, -0.2) is 15.0 Å². The Balaban J connectivity index is 1.60. The fraction of sp³-hybridized carbons (Fsp3) is 0.0714. The van der Waals surface area contributed by atoms with Gasteiger partial charge < -0.3 is 10.6 Å². The average Bonchev–Trinajstić information content (AvgIpc) is 3.03. The van der Waals surface area contributed by atoms with Crippen molar-refractivity contribution < 1.29 is 4.79 Å². The Labute approximate surface area is 130 Å². The number of rotatable bonds is 5. The van der Waals surface area contributed by atoms with Crippen molar-refractivity contribution in [3.63, 3.8) is 0 Å². The molecule has 22 heavy (non-hydrogen) atoms. The minimum absolute atomic E-state index is 0.177. The van der Waals surface area contributed by atoms with Gasteiger partial charge in [-0.15, -0.1) is 0 Å². The van der Waals surface area contributed by atoms with Gasteiger partial charge in [-0.05, 0) is 17.7 Å². The van der Waals surface area contributed by atoms with E-state index in [-0.39, 0.29) is 5.91 Å². The van der Waals surface area contributed by atoms with Crippen LogP contribution in [0.5, 0.6) is 0 Å². The molecule has 0 spiro atoms. The summed E-state index contributed by atoms with van der Waals surface area (Å²) in [6.45, 7) is 0.426. The molecule has 0 bridgehead atoms. The molecule has 1 amide bonds. The number of nitrogens with zero attached hydrogens (tertiary/aromatic N) is 4. The lowest BCUT2D eigenvalue weighted by Crippen LogP contribution is -2.21. The van der Waals surface area contributed by atoms with Crippen molar-refractivity contribution >= 4 is 28.3 Å². The minimum Gasteiger partial charge on any atom is -0.347 e. The summed E-state index contributed by atoms with van der Waals surface area (Å²) in [5.74, 6) is 0.266. The van der Waals surface area contributed by atoms with Gasteiger partial charge in [0.05, 0.1) is 6.20 Å². The fourth-order valence-electron chi connectivity index (χ4n) is 1.67. The number of thiazole rings is 1. The van der Waals surface area contributed by atoms with Gasteiger partial charge in [0.2, 0.25) is 5.95 Å². The molecule has 8 heteroatoms. The summed E-state index contributed by atoms with van der Waals surface area (Å²) >= 11 is 1.24. The molecule has 3 aromatic rings. The van der Waals surface area contributed by atoms with Crippen LogP contribution < -0.4 is 10.6 Å². The molecule has 0 aliphatic heterocycles. The fourth-order valence-corrected chi connectivity index (χ4v) is 2.39. The number of nitrogens with one attached hydrogen (secondary N) is 2. The molecule has 0 saturated carbocycles. The molecule has 3 aromatic heterocycles. The molecule has 110 valence electrons. The van der Waals surface area contributed by atoms with Gasteiger partial charge in [0.1, 0.15) is 4.88 Å². The summed E-state index contributed by atoms with van der Waals surface area (Å²) in [6, 6.07) is 5.46. The highest BCUT2D eigenvalue weighted by Crippen LogP contribution is 2.20. The van der Waals surface area contributed by atoms with Crippen LogP contribution in [0.25, 0.3) is 0 Å². The van der Waals surface area contributed by atoms with E-state index in [1.165, 1.54) is 17.5 Å². The van der Waals surface area contributed by atoms with Crippen LogP contribution in [0.2, 0.25) is 0 Å². The molecule has 0 aliphatic rings. The highest BCUT2D eigenvalue weighted by molar-refractivity contribution is 7.17. The Morgan fingerprint density at radius 2 is 1.95 bits per heavy atom. The molecule has 0 fully saturated rings. The van der Waals surface area contributed by atoms with Gasteiger partial charge in [-0.3, -0.25) is 9.78 Å². The van der Waals surface area contributed by atoms with Crippen molar-refractivity contribution in [3.8, 4) is 0 Å². The number of hydrogen-bond acceptors (Lipinski definition) is 7. The van der Waals surface area contributed by atoms with E-state index >= 15 is 0 Å². The van der Waals surface area contributed by atoms with Crippen LogP contribution in [0, 0.1) is 0 Å². The maximum Gasteiger partial charge on any atom is 0.263 e. The van der Waals surface area contributed by atoms with Crippen molar-refractivity contribution in [1.82, 2.24) is 25.3 Å². The SMILES string of the molecule is O=C(NCc1cccnc1)c1cnc(Nc2ncccn2)s1. The van der Waals surface area contributed by atoms with Crippen molar-refractivity contribution in [1.29, 1.82) is 0 Å². The van der Waals surface area contributed by atoms with Crippen molar-refractivity contribution in [2.45, 2.75) is 6.54 Å². The van der Waals surface area contributed by atoms with E-state index in [0.717, 1.165) is 5.56 Å².